The number of imidazole rings is 1. The highest BCUT2D eigenvalue weighted by Crippen LogP contribution is 2.31. The van der Waals surface area contributed by atoms with Crippen LogP contribution in [-0.2, 0) is 4.79 Å². The minimum absolute atomic E-state index is 0.0732. The molecule has 2 aromatic rings. The number of nitrogens with zero attached hydrogens (tertiary/aromatic N) is 2. The Hall–Kier alpha value is -1.82. The summed E-state index contributed by atoms with van der Waals surface area (Å²) in [5.41, 5.74) is 6.31. The van der Waals surface area contributed by atoms with Gasteiger partial charge in [-0.25, -0.2) is 9.37 Å². The Morgan fingerprint density at radius 3 is 2.65 bits per heavy atom. The largest absolute Gasteiger partial charge is 0.494 e. The van der Waals surface area contributed by atoms with E-state index in [2.05, 4.69) is 4.98 Å². The van der Waals surface area contributed by atoms with Gasteiger partial charge in [0.2, 0.25) is 5.91 Å². The molecule has 20 heavy (non-hydrogen) atoms. The van der Waals surface area contributed by atoms with Gasteiger partial charge in [-0.15, -0.1) is 11.6 Å². The maximum absolute atomic E-state index is 13.7. The first-order valence-electron chi connectivity index (χ1n) is 6.05. The number of hydrogen-bond acceptors (Lipinski definition) is 3. The Morgan fingerprint density at radius 1 is 1.50 bits per heavy atom. The number of rotatable bonds is 4. The SMILES string of the molecule is COc1cc2c(cc1F)nc(C(C)Cl)n2C(C)C(N)=O. The summed E-state index contributed by atoms with van der Waals surface area (Å²) in [6, 6.07) is 2.09. The minimum Gasteiger partial charge on any atom is -0.494 e. The van der Waals surface area contributed by atoms with Crippen molar-refractivity contribution in [3.8, 4) is 5.75 Å². The van der Waals surface area contributed by atoms with Crippen LogP contribution in [0.1, 0.15) is 31.1 Å². The number of primary amides is 1. The highest BCUT2D eigenvalue weighted by molar-refractivity contribution is 6.20. The minimum atomic E-state index is -0.647. The second kappa shape index (κ2) is 5.28. The predicted octanol–water partition coefficient (Wildman–Crippen LogP) is 2.53. The molecule has 2 unspecified atom stereocenters. The number of benzene rings is 1. The van der Waals surface area contributed by atoms with Crippen molar-refractivity contribution in [1.82, 2.24) is 9.55 Å². The Balaban J connectivity index is 2.79. The van der Waals surface area contributed by atoms with Crippen LogP contribution >= 0.6 is 11.6 Å². The molecule has 1 aromatic carbocycles. The smallest absolute Gasteiger partial charge is 0.240 e. The van der Waals surface area contributed by atoms with Crippen LogP contribution in [0.15, 0.2) is 12.1 Å². The van der Waals surface area contributed by atoms with E-state index < -0.39 is 23.1 Å². The Bertz CT molecular complexity index is 669. The van der Waals surface area contributed by atoms with Gasteiger partial charge in [-0.2, -0.15) is 0 Å². The monoisotopic (exact) mass is 299 g/mol. The number of amides is 1. The van der Waals surface area contributed by atoms with Gasteiger partial charge in [0.05, 0.1) is 23.5 Å². The number of carbonyl (C=O) groups excluding carboxylic acids is 1. The molecule has 0 radical (unpaired) electrons. The number of nitrogens with two attached hydrogens (primary N) is 1. The van der Waals surface area contributed by atoms with E-state index >= 15 is 0 Å². The zero-order valence-corrected chi connectivity index (χ0v) is 12.1. The standard InChI is InChI=1S/C13H15ClFN3O2/c1-6(14)13-17-9-4-8(15)11(20-3)5-10(9)18(13)7(2)12(16)19/h4-7H,1-3H3,(H2,16,19). The van der Waals surface area contributed by atoms with E-state index in [1.54, 1.807) is 18.4 Å². The summed E-state index contributed by atoms with van der Waals surface area (Å²) in [6.45, 7) is 3.36. The number of hydrogen-bond donors (Lipinski definition) is 1. The van der Waals surface area contributed by atoms with E-state index in [1.807, 2.05) is 0 Å². The van der Waals surface area contributed by atoms with Crippen molar-refractivity contribution in [1.29, 1.82) is 0 Å². The predicted molar refractivity (Wildman–Crippen MR) is 74.4 cm³/mol. The van der Waals surface area contributed by atoms with Crippen LogP contribution in [0.25, 0.3) is 11.0 Å². The first-order valence-corrected chi connectivity index (χ1v) is 6.49. The average molecular weight is 300 g/mol. The second-order valence-electron chi connectivity index (χ2n) is 4.51. The average Bonchev–Trinajstić information content (AvgIpc) is 2.74. The summed E-state index contributed by atoms with van der Waals surface area (Å²) in [6.07, 6.45) is 0. The fourth-order valence-electron chi connectivity index (χ4n) is 2.09. The van der Waals surface area contributed by atoms with Gasteiger partial charge in [-0.1, -0.05) is 0 Å². The number of alkyl halides is 1. The first kappa shape index (κ1) is 14.6. The molecule has 2 atom stereocenters. The summed E-state index contributed by atoms with van der Waals surface area (Å²) < 4.78 is 20.3. The molecule has 0 aliphatic rings. The zero-order valence-electron chi connectivity index (χ0n) is 11.4. The van der Waals surface area contributed by atoms with Crippen LogP contribution in [0.5, 0.6) is 5.75 Å². The summed E-state index contributed by atoms with van der Waals surface area (Å²) in [5, 5.41) is -0.446. The van der Waals surface area contributed by atoms with Crippen LogP contribution in [-0.4, -0.2) is 22.6 Å². The molecule has 7 heteroatoms. The molecule has 0 bridgehead atoms. The van der Waals surface area contributed by atoms with Crippen LogP contribution < -0.4 is 10.5 Å². The lowest BCUT2D eigenvalue weighted by Gasteiger charge is -2.15. The first-order chi connectivity index (χ1) is 9.36. The molecule has 1 heterocycles. The van der Waals surface area contributed by atoms with Gasteiger partial charge >= 0.3 is 0 Å². The van der Waals surface area contributed by atoms with E-state index in [4.69, 9.17) is 22.1 Å². The number of aromatic nitrogens is 2. The van der Waals surface area contributed by atoms with Gasteiger partial charge in [0, 0.05) is 12.1 Å². The van der Waals surface area contributed by atoms with Crippen molar-refractivity contribution in [2.75, 3.05) is 7.11 Å². The van der Waals surface area contributed by atoms with Gasteiger partial charge in [0.1, 0.15) is 11.9 Å². The second-order valence-corrected chi connectivity index (χ2v) is 5.16. The van der Waals surface area contributed by atoms with E-state index in [9.17, 15) is 9.18 Å². The quantitative estimate of drug-likeness (QED) is 0.882. The third-order valence-corrected chi connectivity index (χ3v) is 3.34. The van der Waals surface area contributed by atoms with Gasteiger partial charge in [0.15, 0.2) is 11.6 Å². The molecule has 0 fully saturated rings. The summed E-state index contributed by atoms with van der Waals surface area (Å²) in [5.74, 6) is -0.513. The number of methoxy groups -OCH3 is 1. The molecule has 0 spiro atoms. The van der Waals surface area contributed by atoms with E-state index in [0.29, 0.717) is 16.9 Å². The van der Waals surface area contributed by atoms with Gasteiger partial charge in [-0.3, -0.25) is 4.79 Å². The van der Waals surface area contributed by atoms with Crippen molar-refractivity contribution in [2.24, 2.45) is 5.73 Å². The molecule has 0 aliphatic heterocycles. The molecule has 0 saturated carbocycles. The van der Waals surface area contributed by atoms with Crippen molar-refractivity contribution in [3.63, 3.8) is 0 Å². The molecule has 5 nitrogen and oxygen atoms in total. The molecular weight excluding hydrogens is 285 g/mol. The fraction of sp³-hybridized carbons (Fsp3) is 0.385. The lowest BCUT2D eigenvalue weighted by atomic mass is 10.2. The normalized spacial score (nSPS) is 14.2. The number of fused-ring (bicyclic) bond motifs is 1. The van der Waals surface area contributed by atoms with Crippen molar-refractivity contribution >= 4 is 28.5 Å². The van der Waals surface area contributed by atoms with Gasteiger partial charge in [0.25, 0.3) is 0 Å². The van der Waals surface area contributed by atoms with Gasteiger partial charge in [-0.05, 0) is 13.8 Å². The van der Waals surface area contributed by atoms with Crippen LogP contribution in [0.4, 0.5) is 4.39 Å². The summed E-state index contributed by atoms with van der Waals surface area (Å²) in [7, 11) is 1.37. The third-order valence-electron chi connectivity index (χ3n) is 3.15. The Morgan fingerprint density at radius 2 is 2.15 bits per heavy atom. The lowest BCUT2D eigenvalue weighted by molar-refractivity contribution is -0.120. The highest BCUT2D eigenvalue weighted by atomic mass is 35.5. The van der Waals surface area contributed by atoms with E-state index in [0.717, 1.165) is 0 Å². The van der Waals surface area contributed by atoms with Crippen molar-refractivity contribution < 1.29 is 13.9 Å². The molecule has 1 aromatic heterocycles. The molecule has 0 aliphatic carbocycles. The highest BCUT2D eigenvalue weighted by Gasteiger charge is 2.23. The number of halogens is 2. The number of carbonyl (C=O) groups is 1. The van der Waals surface area contributed by atoms with Crippen molar-refractivity contribution in [3.05, 3.63) is 23.8 Å². The molecular formula is C13H15ClFN3O2. The number of ether oxygens (including phenoxy) is 1. The van der Waals surface area contributed by atoms with Crippen LogP contribution in [0, 0.1) is 5.82 Å². The van der Waals surface area contributed by atoms with E-state index in [1.165, 1.54) is 19.2 Å². The van der Waals surface area contributed by atoms with Gasteiger partial charge < -0.3 is 15.0 Å². The third kappa shape index (κ3) is 2.31. The van der Waals surface area contributed by atoms with Crippen LogP contribution in [0.3, 0.4) is 0 Å². The Kier molecular flexibility index (Phi) is 3.85. The molecule has 0 saturated heterocycles. The molecule has 1 amide bonds. The maximum atomic E-state index is 13.7. The summed E-state index contributed by atoms with van der Waals surface area (Å²) in [4.78, 5) is 15.7. The maximum Gasteiger partial charge on any atom is 0.240 e. The zero-order chi connectivity index (χ0) is 15.0. The van der Waals surface area contributed by atoms with E-state index in [-0.39, 0.29) is 5.75 Å². The topological polar surface area (TPSA) is 70.1 Å². The fourth-order valence-corrected chi connectivity index (χ4v) is 2.24. The molecule has 2 rings (SSSR count). The lowest BCUT2D eigenvalue weighted by Crippen LogP contribution is -2.25. The summed E-state index contributed by atoms with van der Waals surface area (Å²) >= 11 is 6.08. The van der Waals surface area contributed by atoms with Crippen molar-refractivity contribution in [2.45, 2.75) is 25.3 Å². The molecule has 108 valence electrons. The Labute approximate surface area is 120 Å². The molecule has 2 N–H and O–H groups in total. The van der Waals surface area contributed by atoms with Crippen LogP contribution in [0.2, 0.25) is 0 Å².